The fourth-order valence-electron chi connectivity index (χ4n) is 3.09. The van der Waals surface area contributed by atoms with Gasteiger partial charge in [-0.1, -0.05) is 17.7 Å². The fraction of sp³-hybridized carbons (Fsp3) is 0.250. The molecule has 1 saturated heterocycles. The third-order valence-electron chi connectivity index (χ3n) is 4.68. The minimum Gasteiger partial charge on any atom is -0.357 e. The predicted octanol–water partition coefficient (Wildman–Crippen LogP) is 5.02. The molecule has 0 saturated carbocycles. The number of thiazole rings is 1. The van der Waals surface area contributed by atoms with Crippen molar-refractivity contribution in [2.45, 2.75) is 19.8 Å². The monoisotopic (exact) mass is 398 g/mol. The van der Waals surface area contributed by atoms with Crippen molar-refractivity contribution < 1.29 is 4.79 Å². The van der Waals surface area contributed by atoms with Gasteiger partial charge in [0.1, 0.15) is 16.5 Å². The number of amides is 1. The van der Waals surface area contributed by atoms with Crippen molar-refractivity contribution in [3.63, 3.8) is 0 Å². The molecule has 0 bridgehead atoms. The Morgan fingerprint density at radius 2 is 2.04 bits per heavy atom. The van der Waals surface area contributed by atoms with Gasteiger partial charge >= 0.3 is 0 Å². The van der Waals surface area contributed by atoms with E-state index in [9.17, 15) is 4.79 Å². The highest BCUT2D eigenvalue weighted by Crippen LogP contribution is 2.27. The van der Waals surface area contributed by atoms with Gasteiger partial charge in [0, 0.05) is 40.9 Å². The van der Waals surface area contributed by atoms with E-state index >= 15 is 0 Å². The summed E-state index contributed by atoms with van der Waals surface area (Å²) in [6, 6.07) is 9.48. The van der Waals surface area contributed by atoms with E-state index in [0.717, 1.165) is 35.0 Å². The van der Waals surface area contributed by atoms with Gasteiger partial charge < -0.3 is 10.2 Å². The molecule has 1 aromatic carbocycles. The van der Waals surface area contributed by atoms with Crippen molar-refractivity contribution in [1.82, 2.24) is 9.97 Å². The van der Waals surface area contributed by atoms with Crippen LogP contribution in [-0.2, 0) is 0 Å². The molecule has 1 amide bonds. The van der Waals surface area contributed by atoms with Crippen LogP contribution in [0.5, 0.6) is 0 Å². The number of halogens is 1. The molecule has 1 fully saturated rings. The first-order valence-corrected chi connectivity index (χ1v) is 10.1. The summed E-state index contributed by atoms with van der Waals surface area (Å²) in [5, 5.41) is 6.04. The average Bonchev–Trinajstić information content (AvgIpc) is 3.37. The van der Waals surface area contributed by atoms with Gasteiger partial charge in [-0.25, -0.2) is 9.97 Å². The Labute approximate surface area is 167 Å². The number of hydrogen-bond donors (Lipinski definition) is 1. The lowest BCUT2D eigenvalue weighted by molar-refractivity contribution is 0.102. The molecule has 0 aliphatic carbocycles. The molecule has 5 nitrogen and oxygen atoms in total. The number of anilines is 2. The molecule has 138 valence electrons. The maximum Gasteiger partial charge on any atom is 0.275 e. The number of nitrogens with zero attached hydrogens (tertiary/aromatic N) is 3. The van der Waals surface area contributed by atoms with Crippen LogP contribution in [0.15, 0.2) is 41.9 Å². The van der Waals surface area contributed by atoms with Crippen LogP contribution in [0.3, 0.4) is 0 Å². The number of aromatic nitrogens is 2. The van der Waals surface area contributed by atoms with Crippen molar-refractivity contribution in [3.05, 3.63) is 58.2 Å². The summed E-state index contributed by atoms with van der Waals surface area (Å²) in [5.41, 5.74) is 2.84. The normalized spacial score (nSPS) is 13.8. The van der Waals surface area contributed by atoms with E-state index in [4.69, 9.17) is 11.6 Å². The Morgan fingerprint density at radius 3 is 2.78 bits per heavy atom. The Hall–Kier alpha value is -2.44. The van der Waals surface area contributed by atoms with Gasteiger partial charge in [-0.3, -0.25) is 4.79 Å². The Kier molecular flexibility index (Phi) is 5.09. The molecule has 0 spiro atoms. The molecule has 3 aromatic rings. The van der Waals surface area contributed by atoms with Crippen LogP contribution in [0, 0.1) is 6.92 Å². The van der Waals surface area contributed by atoms with Crippen molar-refractivity contribution in [2.24, 2.45) is 0 Å². The van der Waals surface area contributed by atoms with Gasteiger partial charge in [-0.2, -0.15) is 0 Å². The molecule has 1 N–H and O–H groups in total. The first kappa shape index (κ1) is 17.9. The molecule has 1 aliphatic heterocycles. The largest absolute Gasteiger partial charge is 0.357 e. The van der Waals surface area contributed by atoms with Gasteiger partial charge in [0.2, 0.25) is 0 Å². The number of carbonyl (C=O) groups excluding carboxylic acids is 1. The molecule has 1 aliphatic rings. The number of hydrogen-bond acceptors (Lipinski definition) is 5. The highest BCUT2D eigenvalue weighted by atomic mass is 35.5. The standard InChI is InChI=1S/C20H19ClN4OS/c1-13-15(21)5-4-6-16(13)23-19(26)17-12-27-20(24-17)14-7-8-18(22-11-14)25-9-2-3-10-25/h4-8,11-12H,2-3,9-10H2,1H3,(H,23,26). The first-order chi connectivity index (χ1) is 13.1. The van der Waals surface area contributed by atoms with Crippen LogP contribution in [0.25, 0.3) is 10.6 Å². The van der Waals surface area contributed by atoms with E-state index in [1.807, 2.05) is 37.4 Å². The highest BCUT2D eigenvalue weighted by Gasteiger charge is 2.16. The van der Waals surface area contributed by atoms with E-state index in [0.29, 0.717) is 16.4 Å². The van der Waals surface area contributed by atoms with E-state index in [1.54, 1.807) is 11.4 Å². The topological polar surface area (TPSA) is 58.1 Å². The van der Waals surface area contributed by atoms with Gasteiger partial charge in [-0.05, 0) is 49.6 Å². The second-order valence-corrected chi connectivity index (χ2v) is 7.77. The zero-order chi connectivity index (χ0) is 18.8. The van der Waals surface area contributed by atoms with E-state index in [2.05, 4.69) is 20.2 Å². The van der Waals surface area contributed by atoms with Gasteiger partial charge in [-0.15, -0.1) is 11.3 Å². The molecule has 2 aromatic heterocycles. The Balaban J connectivity index is 1.49. The number of pyridine rings is 1. The summed E-state index contributed by atoms with van der Waals surface area (Å²) in [6.45, 7) is 4.01. The molecule has 3 heterocycles. The minimum absolute atomic E-state index is 0.246. The molecular weight excluding hydrogens is 380 g/mol. The molecule has 0 atom stereocenters. The molecule has 4 rings (SSSR count). The maximum absolute atomic E-state index is 12.5. The third kappa shape index (κ3) is 3.82. The number of nitrogens with one attached hydrogen (secondary N) is 1. The molecule has 0 radical (unpaired) electrons. The van der Waals surface area contributed by atoms with Crippen LogP contribution in [0.2, 0.25) is 5.02 Å². The molecular formula is C20H19ClN4OS. The average molecular weight is 399 g/mol. The quantitative estimate of drug-likeness (QED) is 0.670. The first-order valence-electron chi connectivity index (χ1n) is 8.85. The fourth-order valence-corrected chi connectivity index (χ4v) is 4.05. The highest BCUT2D eigenvalue weighted by molar-refractivity contribution is 7.13. The third-order valence-corrected chi connectivity index (χ3v) is 5.98. The summed E-state index contributed by atoms with van der Waals surface area (Å²) in [6.07, 6.45) is 4.27. The van der Waals surface area contributed by atoms with Crippen LogP contribution < -0.4 is 10.2 Å². The molecule has 7 heteroatoms. The summed E-state index contributed by atoms with van der Waals surface area (Å²) < 4.78 is 0. The predicted molar refractivity (Wildman–Crippen MR) is 111 cm³/mol. The lowest BCUT2D eigenvalue weighted by Gasteiger charge is -2.15. The molecule has 27 heavy (non-hydrogen) atoms. The molecule has 0 unspecified atom stereocenters. The lowest BCUT2D eigenvalue weighted by Crippen LogP contribution is -2.18. The van der Waals surface area contributed by atoms with Crippen LogP contribution >= 0.6 is 22.9 Å². The van der Waals surface area contributed by atoms with Gasteiger partial charge in [0.25, 0.3) is 5.91 Å². The van der Waals surface area contributed by atoms with E-state index in [1.165, 1.54) is 24.2 Å². The zero-order valence-electron chi connectivity index (χ0n) is 14.9. The second kappa shape index (κ2) is 7.66. The van der Waals surface area contributed by atoms with E-state index < -0.39 is 0 Å². The van der Waals surface area contributed by atoms with Crippen molar-refractivity contribution in [3.8, 4) is 10.6 Å². The summed E-state index contributed by atoms with van der Waals surface area (Å²) >= 11 is 7.55. The smallest absolute Gasteiger partial charge is 0.275 e. The second-order valence-electron chi connectivity index (χ2n) is 6.50. The van der Waals surface area contributed by atoms with E-state index in [-0.39, 0.29) is 5.91 Å². The number of carbonyl (C=O) groups is 1. The number of benzene rings is 1. The zero-order valence-corrected chi connectivity index (χ0v) is 16.5. The van der Waals surface area contributed by atoms with Crippen LogP contribution in [0.4, 0.5) is 11.5 Å². The number of rotatable bonds is 4. The van der Waals surface area contributed by atoms with Crippen LogP contribution in [-0.4, -0.2) is 29.0 Å². The minimum atomic E-state index is -0.246. The Morgan fingerprint density at radius 1 is 1.22 bits per heavy atom. The van der Waals surface area contributed by atoms with Crippen LogP contribution in [0.1, 0.15) is 28.9 Å². The van der Waals surface area contributed by atoms with Crippen molar-refractivity contribution in [2.75, 3.05) is 23.3 Å². The summed E-state index contributed by atoms with van der Waals surface area (Å²) in [4.78, 5) is 23.8. The van der Waals surface area contributed by atoms with Crippen molar-refractivity contribution >= 4 is 40.4 Å². The summed E-state index contributed by atoms with van der Waals surface area (Å²) in [7, 11) is 0. The van der Waals surface area contributed by atoms with Crippen molar-refractivity contribution in [1.29, 1.82) is 0 Å². The summed E-state index contributed by atoms with van der Waals surface area (Å²) in [5.74, 6) is 0.756. The Bertz CT molecular complexity index is 964. The van der Waals surface area contributed by atoms with Gasteiger partial charge in [0.05, 0.1) is 0 Å². The lowest BCUT2D eigenvalue weighted by atomic mass is 10.2. The SMILES string of the molecule is Cc1c(Cl)cccc1NC(=O)c1csc(-c2ccc(N3CCCC3)nc2)n1. The van der Waals surface area contributed by atoms with Gasteiger partial charge in [0.15, 0.2) is 0 Å². The maximum atomic E-state index is 12.5.